The predicted molar refractivity (Wildman–Crippen MR) is 121 cm³/mol. The first-order chi connectivity index (χ1) is 15.9. The number of carbonyl (C=O) groups is 3. The molecule has 0 fully saturated rings. The topological polar surface area (TPSA) is 66.9 Å². The van der Waals surface area contributed by atoms with Gasteiger partial charge in [-0.1, -0.05) is 30.3 Å². The fourth-order valence-corrected chi connectivity index (χ4v) is 3.67. The van der Waals surface area contributed by atoms with Gasteiger partial charge in [-0.15, -0.1) is 0 Å². The second kappa shape index (κ2) is 9.65. The molecular formula is C26H23FN2O4. The van der Waals surface area contributed by atoms with Gasteiger partial charge in [0, 0.05) is 19.2 Å². The highest BCUT2D eigenvalue weighted by Gasteiger charge is 2.35. The Balaban J connectivity index is 1.38. The van der Waals surface area contributed by atoms with Crippen LogP contribution in [0.4, 0.5) is 4.39 Å². The van der Waals surface area contributed by atoms with E-state index in [0.717, 1.165) is 5.56 Å². The lowest BCUT2D eigenvalue weighted by atomic mass is 10.1. The fourth-order valence-electron chi connectivity index (χ4n) is 3.67. The maximum absolute atomic E-state index is 13.0. The zero-order valence-corrected chi connectivity index (χ0v) is 18.2. The number of halogens is 1. The van der Waals surface area contributed by atoms with Gasteiger partial charge in [0.05, 0.1) is 17.7 Å². The molecule has 0 unspecified atom stereocenters. The summed E-state index contributed by atoms with van der Waals surface area (Å²) >= 11 is 0. The largest absolute Gasteiger partial charge is 0.492 e. The maximum atomic E-state index is 13.0. The van der Waals surface area contributed by atoms with Crippen LogP contribution in [-0.2, 0) is 6.42 Å². The van der Waals surface area contributed by atoms with E-state index in [9.17, 15) is 18.8 Å². The molecule has 6 nitrogen and oxygen atoms in total. The molecular weight excluding hydrogens is 423 g/mol. The molecule has 3 aromatic carbocycles. The minimum absolute atomic E-state index is 0.226. The smallest absolute Gasteiger partial charge is 0.261 e. The van der Waals surface area contributed by atoms with Crippen LogP contribution < -0.4 is 4.74 Å². The number of carbonyl (C=O) groups excluding carboxylic acids is 3. The zero-order valence-electron chi connectivity index (χ0n) is 18.2. The quantitative estimate of drug-likeness (QED) is 0.494. The Morgan fingerprint density at radius 1 is 0.939 bits per heavy atom. The molecule has 1 aliphatic heterocycles. The van der Waals surface area contributed by atoms with Gasteiger partial charge in [0.25, 0.3) is 17.7 Å². The summed E-state index contributed by atoms with van der Waals surface area (Å²) in [5, 5.41) is 0. The van der Waals surface area contributed by atoms with Crippen molar-refractivity contribution in [1.82, 2.24) is 9.80 Å². The van der Waals surface area contributed by atoms with Gasteiger partial charge in [-0.3, -0.25) is 19.3 Å². The van der Waals surface area contributed by atoms with E-state index in [1.807, 2.05) is 30.3 Å². The van der Waals surface area contributed by atoms with Crippen molar-refractivity contribution in [2.45, 2.75) is 6.42 Å². The second-order valence-electron chi connectivity index (χ2n) is 7.79. The summed E-state index contributed by atoms with van der Waals surface area (Å²) in [5.41, 5.74) is 1.92. The van der Waals surface area contributed by atoms with E-state index in [1.54, 1.807) is 13.1 Å². The molecule has 168 valence electrons. The van der Waals surface area contributed by atoms with Gasteiger partial charge in [-0.2, -0.15) is 0 Å². The summed E-state index contributed by atoms with van der Waals surface area (Å²) in [7, 11) is 1.63. The average molecular weight is 446 g/mol. The number of benzene rings is 3. The molecule has 0 spiro atoms. The van der Waals surface area contributed by atoms with Crippen molar-refractivity contribution in [3.8, 4) is 5.75 Å². The van der Waals surface area contributed by atoms with Gasteiger partial charge < -0.3 is 9.64 Å². The van der Waals surface area contributed by atoms with E-state index < -0.39 is 0 Å². The Hall–Kier alpha value is -4.00. The molecule has 0 bridgehead atoms. The van der Waals surface area contributed by atoms with E-state index in [-0.39, 0.29) is 42.3 Å². The summed E-state index contributed by atoms with van der Waals surface area (Å²) in [6.45, 7) is 0.799. The number of imide groups is 1. The van der Waals surface area contributed by atoms with Gasteiger partial charge in [0.15, 0.2) is 0 Å². The first-order valence-corrected chi connectivity index (χ1v) is 10.6. The van der Waals surface area contributed by atoms with E-state index in [1.165, 1.54) is 46.2 Å². The van der Waals surface area contributed by atoms with Crippen molar-refractivity contribution < 1.29 is 23.5 Å². The van der Waals surface area contributed by atoms with Crippen molar-refractivity contribution in [2.75, 3.05) is 26.7 Å². The predicted octanol–water partition coefficient (Wildman–Crippen LogP) is 3.82. The van der Waals surface area contributed by atoms with E-state index in [0.29, 0.717) is 29.8 Å². The third kappa shape index (κ3) is 4.92. The summed E-state index contributed by atoms with van der Waals surface area (Å²) in [4.78, 5) is 41.1. The van der Waals surface area contributed by atoms with Crippen LogP contribution in [0.15, 0.2) is 72.8 Å². The summed E-state index contributed by atoms with van der Waals surface area (Å²) in [6, 6.07) is 19.9. The Bertz CT molecular complexity index is 1180. The van der Waals surface area contributed by atoms with Crippen molar-refractivity contribution in [3.05, 3.63) is 101 Å². The normalized spacial score (nSPS) is 12.6. The number of hydrogen-bond acceptors (Lipinski definition) is 4. The van der Waals surface area contributed by atoms with Gasteiger partial charge >= 0.3 is 0 Å². The second-order valence-corrected chi connectivity index (χ2v) is 7.79. The monoisotopic (exact) mass is 446 g/mol. The van der Waals surface area contributed by atoms with E-state index in [4.69, 9.17) is 4.74 Å². The van der Waals surface area contributed by atoms with Crippen molar-refractivity contribution in [2.24, 2.45) is 0 Å². The van der Waals surface area contributed by atoms with Crippen molar-refractivity contribution in [1.29, 1.82) is 0 Å². The lowest BCUT2D eigenvalue weighted by Gasteiger charge is -2.18. The van der Waals surface area contributed by atoms with Crippen LogP contribution in [0.2, 0.25) is 0 Å². The molecule has 3 amide bonds. The molecule has 0 N–H and O–H groups in total. The highest BCUT2D eigenvalue weighted by Crippen LogP contribution is 2.25. The summed E-state index contributed by atoms with van der Waals surface area (Å²) in [5.74, 6) is -0.857. The number of hydrogen-bond donors (Lipinski definition) is 0. The number of rotatable bonds is 8. The third-order valence-corrected chi connectivity index (χ3v) is 5.54. The molecule has 0 radical (unpaired) electrons. The van der Waals surface area contributed by atoms with E-state index >= 15 is 0 Å². The minimum Gasteiger partial charge on any atom is -0.492 e. The third-order valence-electron chi connectivity index (χ3n) is 5.54. The van der Waals surface area contributed by atoms with Gasteiger partial charge in [0.1, 0.15) is 18.2 Å². The first-order valence-electron chi connectivity index (χ1n) is 10.6. The van der Waals surface area contributed by atoms with Crippen LogP contribution in [0.1, 0.15) is 36.6 Å². The van der Waals surface area contributed by atoms with Crippen LogP contribution >= 0.6 is 0 Å². The van der Waals surface area contributed by atoms with Gasteiger partial charge in [-0.25, -0.2) is 4.39 Å². The number of ether oxygens (including phenoxy) is 1. The highest BCUT2D eigenvalue weighted by molar-refractivity contribution is 6.22. The minimum atomic E-state index is -0.386. The molecule has 0 saturated heterocycles. The van der Waals surface area contributed by atoms with Crippen LogP contribution in [0.3, 0.4) is 0 Å². The molecule has 0 aromatic heterocycles. The fraction of sp³-hybridized carbons (Fsp3) is 0.192. The van der Waals surface area contributed by atoms with Gasteiger partial charge in [-0.05, 0) is 54.4 Å². The lowest BCUT2D eigenvalue weighted by molar-refractivity contribution is 0.0655. The molecule has 7 heteroatoms. The molecule has 3 aromatic rings. The SMILES string of the molecule is CN(CCOc1ccc(F)cc1)C(=O)c1ccc2c(c1)C(=O)N(CCc1ccccc1)C2=O. The van der Waals surface area contributed by atoms with Crippen LogP contribution in [0.5, 0.6) is 5.75 Å². The van der Waals surface area contributed by atoms with Crippen molar-refractivity contribution in [3.63, 3.8) is 0 Å². The lowest BCUT2D eigenvalue weighted by Crippen LogP contribution is -2.32. The molecule has 4 rings (SSSR count). The van der Waals surface area contributed by atoms with Crippen molar-refractivity contribution >= 4 is 17.7 Å². The molecule has 1 heterocycles. The maximum Gasteiger partial charge on any atom is 0.261 e. The molecule has 0 aliphatic carbocycles. The highest BCUT2D eigenvalue weighted by atomic mass is 19.1. The van der Waals surface area contributed by atoms with Crippen LogP contribution in [0, 0.1) is 5.82 Å². The Labute approximate surface area is 191 Å². The van der Waals surface area contributed by atoms with Gasteiger partial charge in [0.2, 0.25) is 0 Å². The van der Waals surface area contributed by atoms with Crippen LogP contribution in [-0.4, -0.2) is 54.3 Å². The molecule has 1 aliphatic rings. The number of fused-ring (bicyclic) bond motifs is 1. The zero-order chi connectivity index (χ0) is 23.4. The standard InChI is InChI=1S/C26H23FN2O4/c1-28(15-16-33-21-10-8-20(27)9-11-21)24(30)19-7-12-22-23(17-19)26(32)29(25(22)31)14-13-18-5-3-2-4-6-18/h2-12,17H,13-16H2,1H3. The van der Waals surface area contributed by atoms with E-state index in [2.05, 4.69) is 0 Å². The molecule has 0 saturated carbocycles. The summed E-state index contributed by atoms with van der Waals surface area (Å²) < 4.78 is 18.5. The average Bonchev–Trinajstić information content (AvgIpc) is 3.08. The first kappa shape index (κ1) is 22.2. The molecule has 33 heavy (non-hydrogen) atoms. The Morgan fingerprint density at radius 3 is 2.36 bits per heavy atom. The number of likely N-dealkylation sites (N-methyl/N-ethyl adjacent to an activating group) is 1. The Kier molecular flexibility index (Phi) is 6.49. The van der Waals surface area contributed by atoms with Crippen LogP contribution in [0.25, 0.3) is 0 Å². The Morgan fingerprint density at radius 2 is 1.64 bits per heavy atom. The summed E-state index contributed by atoms with van der Waals surface area (Å²) in [6.07, 6.45) is 0.564. The molecule has 0 atom stereocenters. The number of amides is 3. The number of nitrogens with zero attached hydrogens (tertiary/aromatic N) is 2.